The Balaban J connectivity index is 1.44. The molecule has 1 aliphatic heterocycles. The molecule has 0 atom stereocenters. The van der Waals surface area contributed by atoms with E-state index in [0.717, 1.165) is 4.52 Å². The van der Waals surface area contributed by atoms with Gasteiger partial charge in [-0.15, -0.1) is 5.10 Å². The molecule has 2 amide bonds. The van der Waals surface area contributed by atoms with Gasteiger partial charge in [-0.05, 0) is 54.6 Å². The van der Waals surface area contributed by atoms with Crippen molar-refractivity contribution in [1.82, 2.24) is 29.0 Å². The Morgan fingerprint density at radius 1 is 1.09 bits per heavy atom. The second kappa shape index (κ2) is 12.7. The third-order valence-electron chi connectivity index (χ3n) is 7.09. The monoisotopic (exact) mass is 645 g/mol. The maximum atomic E-state index is 13.9. The lowest BCUT2D eigenvalue weighted by molar-refractivity contribution is -0.116. The SMILES string of the molecule is CCc1c(N2CCN(C(=O)c3ncccc3O)CC2)c(=O)n2nc(N(C)C)nc2n1CC(=O)Nc1ccc(SC(F)(F)F)cc1. The fraction of sp³-hybridized carbons (Fsp3) is 0.357. The zero-order valence-electron chi connectivity index (χ0n) is 24.6. The number of piperazine rings is 1. The molecule has 3 aromatic heterocycles. The number of carbonyl (C=O) groups excluding carboxylic acids is 2. The maximum Gasteiger partial charge on any atom is 0.446 e. The number of hydrogen-bond donors (Lipinski definition) is 2. The summed E-state index contributed by atoms with van der Waals surface area (Å²) in [4.78, 5) is 53.6. The van der Waals surface area contributed by atoms with Gasteiger partial charge in [0.15, 0.2) is 5.69 Å². The van der Waals surface area contributed by atoms with Gasteiger partial charge >= 0.3 is 5.51 Å². The summed E-state index contributed by atoms with van der Waals surface area (Å²) in [6, 6.07) is 8.21. The van der Waals surface area contributed by atoms with Crippen LogP contribution in [-0.2, 0) is 17.8 Å². The molecule has 45 heavy (non-hydrogen) atoms. The van der Waals surface area contributed by atoms with E-state index in [9.17, 15) is 32.7 Å². The Hall–Kier alpha value is -4.80. The first-order valence-corrected chi connectivity index (χ1v) is 14.7. The average molecular weight is 646 g/mol. The molecule has 0 unspecified atom stereocenters. The van der Waals surface area contributed by atoms with Gasteiger partial charge in [-0.3, -0.25) is 14.4 Å². The van der Waals surface area contributed by atoms with E-state index in [1.54, 1.807) is 28.5 Å². The number of amides is 2. The summed E-state index contributed by atoms with van der Waals surface area (Å²) in [5.74, 6) is -0.731. The topological polar surface area (TPSA) is 141 Å². The third kappa shape index (κ3) is 6.82. The van der Waals surface area contributed by atoms with E-state index in [4.69, 9.17) is 0 Å². The van der Waals surface area contributed by atoms with Crippen molar-refractivity contribution in [3.63, 3.8) is 0 Å². The number of nitrogens with zero attached hydrogens (tertiary/aromatic N) is 8. The quantitative estimate of drug-likeness (QED) is 0.275. The number of pyridine rings is 1. The van der Waals surface area contributed by atoms with Crippen LogP contribution in [0.5, 0.6) is 5.75 Å². The molecule has 238 valence electrons. The number of halogens is 3. The maximum absolute atomic E-state index is 13.9. The van der Waals surface area contributed by atoms with Crippen molar-refractivity contribution in [2.75, 3.05) is 55.4 Å². The van der Waals surface area contributed by atoms with Gasteiger partial charge in [-0.25, -0.2) is 4.98 Å². The fourth-order valence-electron chi connectivity index (χ4n) is 5.04. The number of hydrogen-bond acceptors (Lipinski definition) is 10. The molecule has 13 nitrogen and oxygen atoms in total. The van der Waals surface area contributed by atoms with E-state index in [-0.39, 0.29) is 72.6 Å². The van der Waals surface area contributed by atoms with Crippen LogP contribution in [0.15, 0.2) is 52.3 Å². The van der Waals surface area contributed by atoms with Crippen molar-refractivity contribution in [3.05, 3.63) is 64.3 Å². The minimum absolute atomic E-state index is 0.0150. The zero-order chi connectivity index (χ0) is 32.5. The number of carbonyl (C=O) groups is 2. The smallest absolute Gasteiger partial charge is 0.446 e. The van der Waals surface area contributed by atoms with Crippen LogP contribution in [0.2, 0.25) is 0 Å². The summed E-state index contributed by atoms with van der Waals surface area (Å²) < 4.78 is 40.8. The van der Waals surface area contributed by atoms with E-state index in [1.807, 2.05) is 11.8 Å². The lowest BCUT2D eigenvalue weighted by Gasteiger charge is -2.36. The second-order valence-electron chi connectivity index (χ2n) is 10.3. The van der Waals surface area contributed by atoms with Gasteiger partial charge in [0.25, 0.3) is 11.5 Å². The standard InChI is InChI=1S/C28H30F3N9O4S/c1-4-19-23(37-12-14-38(15-13-37)24(43)22-20(41)6-5-11-32-22)25(44)40-27(34-26(35-40)36(2)3)39(19)16-21(42)33-17-7-9-18(10-8-17)45-28(29,30)31/h5-11,41H,4,12-16H2,1-3H3,(H,33,42). The molecule has 4 aromatic rings. The van der Waals surface area contributed by atoms with Crippen LogP contribution >= 0.6 is 11.8 Å². The van der Waals surface area contributed by atoms with E-state index in [0.29, 0.717) is 23.5 Å². The first kappa shape index (κ1) is 31.6. The Morgan fingerprint density at radius 3 is 2.38 bits per heavy atom. The summed E-state index contributed by atoms with van der Waals surface area (Å²) in [6.07, 6.45) is 1.77. The predicted octanol–water partition coefficient (Wildman–Crippen LogP) is 2.83. The minimum Gasteiger partial charge on any atom is -0.505 e. The number of alkyl halides is 3. The number of anilines is 3. The van der Waals surface area contributed by atoms with Crippen molar-refractivity contribution >= 4 is 46.7 Å². The first-order chi connectivity index (χ1) is 21.4. The Kier molecular flexibility index (Phi) is 8.90. The summed E-state index contributed by atoms with van der Waals surface area (Å²) in [5.41, 5.74) is -3.77. The first-order valence-electron chi connectivity index (χ1n) is 13.9. The number of benzene rings is 1. The predicted molar refractivity (Wildman–Crippen MR) is 162 cm³/mol. The van der Waals surface area contributed by atoms with Crippen molar-refractivity contribution in [1.29, 1.82) is 0 Å². The van der Waals surface area contributed by atoms with Crippen LogP contribution in [0.1, 0.15) is 23.1 Å². The zero-order valence-corrected chi connectivity index (χ0v) is 25.4. The number of thioether (sulfide) groups is 1. The van der Waals surface area contributed by atoms with Crippen molar-refractivity contribution in [2.24, 2.45) is 0 Å². The van der Waals surface area contributed by atoms with E-state index in [1.165, 1.54) is 42.6 Å². The molecule has 1 aliphatic rings. The molecule has 5 rings (SSSR count). The summed E-state index contributed by atoms with van der Waals surface area (Å²) in [5, 5.41) is 17.1. The van der Waals surface area contributed by atoms with E-state index >= 15 is 0 Å². The van der Waals surface area contributed by atoms with Gasteiger partial charge in [0, 0.05) is 57.1 Å². The van der Waals surface area contributed by atoms with Crippen LogP contribution in [0.25, 0.3) is 5.78 Å². The van der Waals surface area contributed by atoms with Crippen molar-refractivity contribution in [3.8, 4) is 5.75 Å². The molecular formula is C28H30F3N9O4S. The molecule has 1 saturated heterocycles. The second-order valence-corrected chi connectivity index (χ2v) is 11.5. The van der Waals surface area contributed by atoms with Gasteiger partial charge < -0.3 is 29.7 Å². The van der Waals surface area contributed by atoms with Gasteiger partial charge in [0.1, 0.15) is 18.0 Å². The molecule has 0 spiro atoms. The highest BCUT2D eigenvalue weighted by molar-refractivity contribution is 8.00. The van der Waals surface area contributed by atoms with E-state index < -0.39 is 22.9 Å². The van der Waals surface area contributed by atoms with Gasteiger partial charge in [-0.2, -0.15) is 22.7 Å². The molecule has 0 saturated carbocycles. The number of fused-ring (bicyclic) bond motifs is 1. The summed E-state index contributed by atoms with van der Waals surface area (Å²) >= 11 is -0.250. The van der Waals surface area contributed by atoms with Crippen LogP contribution in [0, 0.1) is 0 Å². The minimum atomic E-state index is -4.43. The fourth-order valence-corrected chi connectivity index (χ4v) is 5.58. The lowest BCUT2D eigenvalue weighted by atomic mass is 10.2. The van der Waals surface area contributed by atoms with E-state index in [2.05, 4.69) is 20.4 Å². The molecular weight excluding hydrogens is 615 g/mol. The Morgan fingerprint density at radius 2 is 1.78 bits per heavy atom. The largest absolute Gasteiger partial charge is 0.505 e. The van der Waals surface area contributed by atoms with Crippen LogP contribution in [0.4, 0.5) is 30.5 Å². The highest BCUT2D eigenvalue weighted by Crippen LogP contribution is 2.37. The van der Waals surface area contributed by atoms with Crippen LogP contribution in [-0.4, -0.2) is 91.8 Å². The Labute approximate surface area is 259 Å². The Bertz CT molecular complexity index is 1780. The third-order valence-corrected chi connectivity index (χ3v) is 7.83. The van der Waals surface area contributed by atoms with Gasteiger partial charge in [0.2, 0.25) is 17.6 Å². The molecule has 2 N–H and O–H groups in total. The highest BCUT2D eigenvalue weighted by atomic mass is 32.2. The summed E-state index contributed by atoms with van der Waals surface area (Å²) in [7, 11) is 3.43. The van der Waals surface area contributed by atoms with Crippen LogP contribution in [0.3, 0.4) is 0 Å². The molecule has 1 aromatic carbocycles. The number of aromatic hydroxyl groups is 1. The lowest BCUT2D eigenvalue weighted by Crippen LogP contribution is -2.51. The highest BCUT2D eigenvalue weighted by Gasteiger charge is 2.31. The summed E-state index contributed by atoms with van der Waals surface area (Å²) in [6.45, 7) is 2.65. The molecule has 4 heterocycles. The van der Waals surface area contributed by atoms with Crippen LogP contribution < -0.4 is 20.7 Å². The molecule has 0 bridgehead atoms. The normalized spacial score (nSPS) is 13.7. The number of rotatable bonds is 8. The molecule has 1 fully saturated rings. The molecule has 0 radical (unpaired) electrons. The molecule has 0 aliphatic carbocycles. The average Bonchev–Trinajstić information content (AvgIpc) is 3.45. The number of aromatic nitrogens is 5. The van der Waals surface area contributed by atoms with Gasteiger partial charge in [-0.1, -0.05) is 6.92 Å². The van der Waals surface area contributed by atoms with Crippen molar-refractivity contribution in [2.45, 2.75) is 30.3 Å². The van der Waals surface area contributed by atoms with Crippen molar-refractivity contribution < 1.29 is 27.9 Å². The number of nitrogens with one attached hydrogen (secondary N) is 1. The van der Waals surface area contributed by atoms with Gasteiger partial charge in [0.05, 0.1) is 5.69 Å². The molecule has 17 heteroatoms.